The number of carbonyl (C=O) groups excluding carboxylic acids is 1. The van der Waals surface area contributed by atoms with E-state index in [1.165, 1.54) is 12.0 Å². The summed E-state index contributed by atoms with van der Waals surface area (Å²) in [5.74, 6) is 0.456. The molecular formula is C24H37N3O4. The van der Waals surface area contributed by atoms with Gasteiger partial charge in [0, 0.05) is 31.7 Å². The zero-order valence-electron chi connectivity index (χ0n) is 19.1. The number of aromatic nitrogens is 1. The van der Waals surface area contributed by atoms with Crippen LogP contribution in [0.3, 0.4) is 0 Å². The number of nitrogens with one attached hydrogen (secondary N) is 2. The van der Waals surface area contributed by atoms with Gasteiger partial charge in [0.1, 0.15) is 11.9 Å². The van der Waals surface area contributed by atoms with Crippen molar-refractivity contribution in [3.05, 3.63) is 23.4 Å². The van der Waals surface area contributed by atoms with Gasteiger partial charge in [-0.3, -0.25) is 4.79 Å². The van der Waals surface area contributed by atoms with Gasteiger partial charge in [0.2, 0.25) is 5.91 Å². The molecule has 0 spiro atoms. The monoisotopic (exact) mass is 431 g/mol. The van der Waals surface area contributed by atoms with Crippen LogP contribution >= 0.6 is 0 Å². The molecule has 1 atom stereocenters. The molecule has 1 amide bonds. The molecule has 3 N–H and O–H groups in total. The first-order valence-electron chi connectivity index (χ1n) is 11.6. The summed E-state index contributed by atoms with van der Waals surface area (Å²) in [6.45, 7) is 7.22. The number of rotatable bonds is 10. The molecule has 2 heterocycles. The summed E-state index contributed by atoms with van der Waals surface area (Å²) in [6, 6.07) is 3.46. The van der Waals surface area contributed by atoms with E-state index in [1.54, 1.807) is 0 Å². The van der Waals surface area contributed by atoms with Crippen molar-refractivity contribution >= 4 is 17.7 Å². The van der Waals surface area contributed by atoms with Crippen molar-refractivity contribution in [3.8, 4) is 0 Å². The molecule has 0 bridgehead atoms. The highest BCUT2D eigenvalue weighted by Gasteiger charge is 2.30. The number of carboxylic acid groups (broad SMARTS) is 1. The second-order valence-electron chi connectivity index (χ2n) is 10.2. The zero-order chi connectivity index (χ0) is 22.4. The van der Waals surface area contributed by atoms with Gasteiger partial charge in [0.15, 0.2) is 0 Å². The molecule has 1 aromatic rings. The summed E-state index contributed by atoms with van der Waals surface area (Å²) in [5.41, 5.74) is 2.30. The fourth-order valence-corrected chi connectivity index (χ4v) is 4.24. The molecule has 7 heteroatoms. The molecular weight excluding hydrogens is 394 g/mol. The molecule has 0 saturated heterocycles. The van der Waals surface area contributed by atoms with Crippen LogP contribution in [-0.4, -0.2) is 47.3 Å². The van der Waals surface area contributed by atoms with Crippen LogP contribution < -0.4 is 10.6 Å². The molecule has 172 valence electrons. The fraction of sp³-hybridized carbons (Fsp3) is 0.708. The van der Waals surface area contributed by atoms with Gasteiger partial charge in [0.25, 0.3) is 0 Å². The summed E-state index contributed by atoms with van der Waals surface area (Å²) < 4.78 is 5.86. The zero-order valence-corrected chi connectivity index (χ0v) is 19.1. The van der Waals surface area contributed by atoms with E-state index < -0.39 is 12.0 Å². The van der Waals surface area contributed by atoms with E-state index in [4.69, 9.17) is 9.72 Å². The van der Waals surface area contributed by atoms with Gasteiger partial charge in [-0.15, -0.1) is 0 Å². The third-order valence-corrected chi connectivity index (χ3v) is 6.04. The lowest BCUT2D eigenvalue weighted by Crippen LogP contribution is -2.43. The Bertz CT molecular complexity index is 769. The van der Waals surface area contributed by atoms with Gasteiger partial charge < -0.3 is 20.5 Å². The van der Waals surface area contributed by atoms with Crippen LogP contribution in [0.25, 0.3) is 0 Å². The Morgan fingerprint density at radius 1 is 1.32 bits per heavy atom. The lowest BCUT2D eigenvalue weighted by molar-refractivity contribution is -0.143. The summed E-state index contributed by atoms with van der Waals surface area (Å²) >= 11 is 0. The molecule has 1 saturated carbocycles. The molecule has 0 unspecified atom stereocenters. The molecule has 1 aromatic heterocycles. The number of aliphatic carboxylic acids is 1. The van der Waals surface area contributed by atoms with Crippen LogP contribution in [-0.2, 0) is 27.2 Å². The first-order valence-corrected chi connectivity index (χ1v) is 11.6. The van der Waals surface area contributed by atoms with Crippen molar-refractivity contribution in [2.24, 2.45) is 11.3 Å². The second kappa shape index (κ2) is 10.4. The minimum Gasteiger partial charge on any atom is -0.480 e. The molecule has 3 rings (SSSR count). The highest BCUT2D eigenvalue weighted by molar-refractivity contribution is 5.83. The van der Waals surface area contributed by atoms with E-state index in [0.717, 1.165) is 50.2 Å². The van der Waals surface area contributed by atoms with E-state index in [-0.39, 0.29) is 17.4 Å². The Morgan fingerprint density at radius 2 is 2.10 bits per heavy atom. The van der Waals surface area contributed by atoms with Crippen LogP contribution in [0.4, 0.5) is 5.82 Å². The highest BCUT2D eigenvalue weighted by Crippen LogP contribution is 2.34. The Kier molecular flexibility index (Phi) is 7.92. The van der Waals surface area contributed by atoms with Gasteiger partial charge in [-0.05, 0) is 61.5 Å². The van der Waals surface area contributed by atoms with Gasteiger partial charge in [0.05, 0.1) is 6.10 Å². The second-order valence-corrected chi connectivity index (χ2v) is 10.2. The Balaban J connectivity index is 1.31. The van der Waals surface area contributed by atoms with Gasteiger partial charge in [-0.1, -0.05) is 26.8 Å². The Hall–Kier alpha value is -2.15. The number of hydrogen-bond acceptors (Lipinski definition) is 5. The number of aryl methyl sites for hydroxylation is 2. The number of hydrogen-bond donors (Lipinski definition) is 3. The number of ether oxygens (including phenoxy) is 1. The lowest BCUT2D eigenvalue weighted by atomic mass is 9.79. The highest BCUT2D eigenvalue weighted by atomic mass is 16.5. The molecule has 0 aromatic carbocycles. The number of carboxylic acids is 1. The van der Waals surface area contributed by atoms with Gasteiger partial charge >= 0.3 is 5.97 Å². The third-order valence-electron chi connectivity index (χ3n) is 6.04. The summed E-state index contributed by atoms with van der Waals surface area (Å²) in [4.78, 5) is 28.2. The summed E-state index contributed by atoms with van der Waals surface area (Å²) in [7, 11) is 0. The van der Waals surface area contributed by atoms with E-state index >= 15 is 0 Å². The maximum Gasteiger partial charge on any atom is 0.326 e. The van der Waals surface area contributed by atoms with Crippen LogP contribution in [0.5, 0.6) is 0 Å². The maximum absolute atomic E-state index is 12.0. The minimum absolute atomic E-state index is 0.171. The number of amides is 1. The number of pyridine rings is 1. The standard InChI is InChI=1S/C24H37N3O4/c1-24(2,3)15-21(28)27-20(23(29)30)10-12-31-19-13-16(14-19)6-8-18-9-7-17-5-4-11-25-22(17)26-18/h7,9,16,19-20H,4-6,8,10-15H2,1-3H3,(H,25,26)(H,27,28)(H,29,30)/t16-,19-,20-/m0/s1. The molecule has 2 aliphatic rings. The van der Waals surface area contributed by atoms with Crippen LogP contribution in [0.1, 0.15) is 70.6 Å². The predicted molar refractivity (Wildman–Crippen MR) is 120 cm³/mol. The number of carbonyl (C=O) groups is 2. The van der Waals surface area contributed by atoms with Crippen LogP contribution in [0.2, 0.25) is 0 Å². The first kappa shape index (κ1) is 23.5. The quantitative estimate of drug-likeness (QED) is 0.524. The molecule has 1 aliphatic carbocycles. The van der Waals surface area contributed by atoms with E-state index in [0.29, 0.717) is 25.4 Å². The molecule has 7 nitrogen and oxygen atoms in total. The van der Waals surface area contributed by atoms with E-state index in [2.05, 4.69) is 22.8 Å². The van der Waals surface area contributed by atoms with Gasteiger partial charge in [-0.2, -0.15) is 0 Å². The fourth-order valence-electron chi connectivity index (χ4n) is 4.24. The average molecular weight is 432 g/mol. The number of fused-ring (bicyclic) bond motifs is 1. The average Bonchev–Trinajstić information content (AvgIpc) is 2.66. The van der Waals surface area contributed by atoms with Crippen molar-refractivity contribution in [2.45, 2.75) is 84.3 Å². The maximum atomic E-state index is 12.0. The van der Waals surface area contributed by atoms with Crippen molar-refractivity contribution < 1.29 is 19.4 Å². The van der Waals surface area contributed by atoms with Crippen LogP contribution in [0, 0.1) is 11.3 Å². The SMILES string of the molecule is CC(C)(C)CC(=O)N[C@@H](CCO[C@H]1C[C@H](CCc2ccc3c(n2)NCCC3)C1)C(=O)O. The van der Waals surface area contributed by atoms with Crippen LogP contribution in [0.15, 0.2) is 12.1 Å². The lowest BCUT2D eigenvalue weighted by Gasteiger charge is -2.35. The first-order chi connectivity index (χ1) is 14.7. The van der Waals surface area contributed by atoms with Crippen molar-refractivity contribution in [1.82, 2.24) is 10.3 Å². The summed E-state index contributed by atoms with van der Waals surface area (Å²) in [6.07, 6.45) is 7.18. The normalized spacial score (nSPS) is 21.4. The molecule has 31 heavy (non-hydrogen) atoms. The molecule has 1 aliphatic heterocycles. The van der Waals surface area contributed by atoms with Crippen molar-refractivity contribution in [1.29, 1.82) is 0 Å². The molecule has 0 radical (unpaired) electrons. The Morgan fingerprint density at radius 3 is 2.81 bits per heavy atom. The minimum atomic E-state index is -1.01. The Labute approximate surface area is 185 Å². The topological polar surface area (TPSA) is 101 Å². The van der Waals surface area contributed by atoms with Crippen molar-refractivity contribution in [2.75, 3.05) is 18.5 Å². The third kappa shape index (κ3) is 7.49. The largest absolute Gasteiger partial charge is 0.480 e. The summed E-state index contributed by atoms with van der Waals surface area (Å²) in [5, 5.41) is 15.4. The molecule has 1 fully saturated rings. The number of nitrogens with zero attached hydrogens (tertiary/aromatic N) is 1. The van der Waals surface area contributed by atoms with Gasteiger partial charge in [-0.25, -0.2) is 9.78 Å². The van der Waals surface area contributed by atoms with E-state index in [9.17, 15) is 14.7 Å². The van der Waals surface area contributed by atoms with E-state index in [1.807, 2.05) is 20.8 Å². The smallest absolute Gasteiger partial charge is 0.326 e. The van der Waals surface area contributed by atoms with Crippen molar-refractivity contribution in [3.63, 3.8) is 0 Å². The number of anilines is 1. The predicted octanol–water partition coefficient (Wildman–Crippen LogP) is 3.56.